The SMILES string of the molecule is CCC1C(C)CCCCCCCC1C1CCC(CCCC(=O)NCC(=O)O)C1C. The summed E-state index contributed by atoms with van der Waals surface area (Å²) in [7, 11) is 0. The third-order valence-corrected chi connectivity index (χ3v) is 8.20. The summed E-state index contributed by atoms with van der Waals surface area (Å²) < 4.78 is 0. The van der Waals surface area contributed by atoms with Gasteiger partial charge in [-0.05, 0) is 67.6 Å². The predicted molar refractivity (Wildman–Crippen MR) is 119 cm³/mol. The number of hydrogen-bond donors (Lipinski definition) is 2. The number of hydrogen-bond acceptors (Lipinski definition) is 2. The Kier molecular flexibility index (Phi) is 10.5. The number of carbonyl (C=O) groups is 2. The van der Waals surface area contributed by atoms with Crippen LogP contribution in [0.5, 0.6) is 0 Å². The first-order chi connectivity index (χ1) is 13.9. The second-order valence-corrected chi connectivity index (χ2v) is 9.98. The molecule has 0 saturated heterocycles. The Labute approximate surface area is 178 Å². The highest BCUT2D eigenvalue weighted by Crippen LogP contribution is 2.49. The molecule has 0 spiro atoms. The summed E-state index contributed by atoms with van der Waals surface area (Å²) in [4.78, 5) is 22.4. The van der Waals surface area contributed by atoms with Gasteiger partial charge in [-0.2, -0.15) is 0 Å². The van der Waals surface area contributed by atoms with Crippen LogP contribution in [0.25, 0.3) is 0 Å². The number of rotatable bonds is 8. The minimum Gasteiger partial charge on any atom is -0.480 e. The zero-order chi connectivity index (χ0) is 21.2. The van der Waals surface area contributed by atoms with Gasteiger partial charge in [-0.25, -0.2) is 0 Å². The third-order valence-electron chi connectivity index (χ3n) is 8.20. The van der Waals surface area contributed by atoms with Crippen molar-refractivity contribution in [3.8, 4) is 0 Å². The molecular weight excluding hydrogens is 362 g/mol. The quantitative estimate of drug-likeness (QED) is 0.515. The summed E-state index contributed by atoms with van der Waals surface area (Å²) in [5.41, 5.74) is 0. The van der Waals surface area contributed by atoms with E-state index in [-0.39, 0.29) is 12.5 Å². The smallest absolute Gasteiger partial charge is 0.322 e. The maximum Gasteiger partial charge on any atom is 0.322 e. The van der Waals surface area contributed by atoms with E-state index in [1.54, 1.807) is 0 Å². The zero-order valence-electron chi connectivity index (χ0n) is 19.1. The summed E-state index contributed by atoms with van der Waals surface area (Å²) >= 11 is 0. The Bertz CT molecular complexity index is 506. The Morgan fingerprint density at radius 3 is 2.31 bits per heavy atom. The number of carbonyl (C=O) groups excluding carboxylic acids is 1. The average molecular weight is 408 g/mol. The van der Waals surface area contributed by atoms with E-state index < -0.39 is 5.97 Å². The molecule has 2 aliphatic rings. The lowest BCUT2D eigenvalue weighted by Crippen LogP contribution is -2.31. The molecule has 6 unspecified atom stereocenters. The summed E-state index contributed by atoms with van der Waals surface area (Å²) in [5.74, 6) is 3.85. The third kappa shape index (κ3) is 7.61. The fourth-order valence-electron chi connectivity index (χ4n) is 6.54. The Hall–Kier alpha value is -1.06. The molecule has 2 saturated carbocycles. The molecule has 0 heterocycles. The van der Waals surface area contributed by atoms with Gasteiger partial charge in [0.1, 0.15) is 6.54 Å². The van der Waals surface area contributed by atoms with Gasteiger partial charge in [-0.15, -0.1) is 0 Å². The summed E-state index contributed by atoms with van der Waals surface area (Å²) in [5, 5.41) is 11.1. The van der Waals surface area contributed by atoms with E-state index in [9.17, 15) is 9.59 Å². The molecule has 2 rings (SSSR count). The fourth-order valence-corrected chi connectivity index (χ4v) is 6.54. The lowest BCUT2D eigenvalue weighted by molar-refractivity contribution is -0.137. The van der Waals surface area contributed by atoms with Crippen molar-refractivity contribution in [1.82, 2.24) is 5.32 Å². The van der Waals surface area contributed by atoms with Crippen molar-refractivity contribution in [2.24, 2.45) is 35.5 Å². The van der Waals surface area contributed by atoms with E-state index in [1.807, 2.05) is 0 Å². The van der Waals surface area contributed by atoms with Crippen molar-refractivity contribution >= 4 is 11.9 Å². The minimum absolute atomic E-state index is 0.123. The molecule has 2 N–H and O–H groups in total. The molecule has 0 aliphatic heterocycles. The zero-order valence-corrected chi connectivity index (χ0v) is 19.1. The van der Waals surface area contributed by atoms with Gasteiger partial charge in [0, 0.05) is 6.42 Å². The van der Waals surface area contributed by atoms with Gasteiger partial charge in [0.15, 0.2) is 0 Å². The molecule has 0 aromatic heterocycles. The minimum atomic E-state index is -0.976. The van der Waals surface area contributed by atoms with E-state index in [0.29, 0.717) is 6.42 Å². The van der Waals surface area contributed by atoms with Crippen molar-refractivity contribution in [1.29, 1.82) is 0 Å². The number of amides is 1. The molecule has 0 aromatic carbocycles. The van der Waals surface area contributed by atoms with Crippen LogP contribution in [0.3, 0.4) is 0 Å². The maximum absolute atomic E-state index is 11.8. The van der Waals surface area contributed by atoms with Gasteiger partial charge in [0.25, 0.3) is 0 Å². The molecule has 2 fully saturated rings. The van der Waals surface area contributed by atoms with Crippen molar-refractivity contribution < 1.29 is 14.7 Å². The molecule has 0 bridgehead atoms. The van der Waals surface area contributed by atoms with E-state index in [1.165, 1.54) is 64.2 Å². The van der Waals surface area contributed by atoms with Gasteiger partial charge in [0.2, 0.25) is 5.91 Å². The van der Waals surface area contributed by atoms with Crippen LogP contribution in [0.1, 0.15) is 104 Å². The van der Waals surface area contributed by atoms with Crippen LogP contribution in [-0.4, -0.2) is 23.5 Å². The van der Waals surface area contributed by atoms with Gasteiger partial charge in [-0.1, -0.05) is 65.7 Å². The molecule has 0 radical (unpaired) electrons. The molecule has 29 heavy (non-hydrogen) atoms. The lowest BCUT2D eigenvalue weighted by Gasteiger charge is -2.38. The molecule has 4 nitrogen and oxygen atoms in total. The van der Waals surface area contributed by atoms with Crippen LogP contribution in [-0.2, 0) is 9.59 Å². The number of nitrogens with one attached hydrogen (secondary N) is 1. The van der Waals surface area contributed by atoms with Crippen LogP contribution in [0, 0.1) is 35.5 Å². The van der Waals surface area contributed by atoms with E-state index in [4.69, 9.17) is 5.11 Å². The molecule has 1 amide bonds. The normalized spacial score (nSPS) is 33.9. The Morgan fingerprint density at radius 2 is 1.62 bits per heavy atom. The van der Waals surface area contributed by atoms with E-state index in [2.05, 4.69) is 26.1 Å². The topological polar surface area (TPSA) is 66.4 Å². The molecular formula is C25H45NO3. The molecule has 4 heteroatoms. The van der Waals surface area contributed by atoms with Crippen molar-refractivity contribution in [2.45, 2.75) is 104 Å². The highest BCUT2D eigenvalue weighted by Gasteiger charge is 2.40. The molecule has 6 atom stereocenters. The second kappa shape index (κ2) is 12.6. The molecule has 2 aliphatic carbocycles. The number of aliphatic carboxylic acids is 1. The molecule has 0 aromatic rings. The van der Waals surface area contributed by atoms with Crippen LogP contribution < -0.4 is 5.32 Å². The highest BCUT2D eigenvalue weighted by molar-refractivity contribution is 5.80. The van der Waals surface area contributed by atoms with Gasteiger partial charge >= 0.3 is 5.97 Å². The summed E-state index contributed by atoms with van der Waals surface area (Å²) in [6.07, 6.45) is 16.4. The van der Waals surface area contributed by atoms with Gasteiger partial charge in [-0.3, -0.25) is 9.59 Å². The standard InChI is InChI=1S/C25H45NO3/c1-4-21-18(2)11-8-6-5-7-9-13-23(21)22-16-15-20(19(22)3)12-10-14-24(27)26-17-25(28)29/h18-23H,4-17H2,1-3H3,(H,26,27)(H,28,29). The fraction of sp³-hybridized carbons (Fsp3) is 0.920. The van der Waals surface area contributed by atoms with Gasteiger partial charge in [0.05, 0.1) is 0 Å². The first-order valence-electron chi connectivity index (χ1n) is 12.4. The Morgan fingerprint density at radius 1 is 0.931 bits per heavy atom. The monoisotopic (exact) mass is 407 g/mol. The Balaban J connectivity index is 1.88. The van der Waals surface area contributed by atoms with Crippen molar-refractivity contribution in [3.63, 3.8) is 0 Å². The highest BCUT2D eigenvalue weighted by atomic mass is 16.4. The van der Waals surface area contributed by atoms with E-state index >= 15 is 0 Å². The lowest BCUT2D eigenvalue weighted by atomic mass is 9.67. The van der Waals surface area contributed by atoms with Crippen LogP contribution in [0.15, 0.2) is 0 Å². The van der Waals surface area contributed by atoms with Crippen LogP contribution in [0.2, 0.25) is 0 Å². The first-order valence-corrected chi connectivity index (χ1v) is 12.4. The number of carboxylic acid groups (broad SMARTS) is 1. The van der Waals surface area contributed by atoms with Gasteiger partial charge < -0.3 is 10.4 Å². The van der Waals surface area contributed by atoms with E-state index in [0.717, 1.165) is 48.3 Å². The average Bonchev–Trinajstić information content (AvgIpc) is 3.05. The first kappa shape index (κ1) is 24.2. The maximum atomic E-state index is 11.8. The van der Waals surface area contributed by atoms with Crippen LogP contribution >= 0.6 is 0 Å². The predicted octanol–water partition coefficient (Wildman–Crippen LogP) is 6.04. The second-order valence-electron chi connectivity index (χ2n) is 9.98. The number of carboxylic acids is 1. The molecule has 168 valence electrons. The van der Waals surface area contributed by atoms with Crippen LogP contribution in [0.4, 0.5) is 0 Å². The summed E-state index contributed by atoms with van der Waals surface area (Å²) in [6, 6.07) is 0. The van der Waals surface area contributed by atoms with Crippen molar-refractivity contribution in [2.75, 3.05) is 6.54 Å². The van der Waals surface area contributed by atoms with Crippen molar-refractivity contribution in [3.05, 3.63) is 0 Å². The summed E-state index contributed by atoms with van der Waals surface area (Å²) in [6.45, 7) is 7.13. The largest absolute Gasteiger partial charge is 0.480 e.